The summed E-state index contributed by atoms with van der Waals surface area (Å²) < 4.78 is 31.7. The first-order valence-electron chi connectivity index (χ1n) is 5.67. The van der Waals surface area contributed by atoms with E-state index in [-0.39, 0.29) is 4.90 Å². The highest BCUT2D eigenvalue weighted by atomic mass is 32.2. The van der Waals surface area contributed by atoms with Gasteiger partial charge in [0, 0.05) is 0 Å². The maximum Gasteiger partial charge on any atom is 0.294 e. The quantitative estimate of drug-likeness (QED) is 0.768. The van der Waals surface area contributed by atoms with E-state index in [0.29, 0.717) is 0 Å². The van der Waals surface area contributed by atoms with Gasteiger partial charge in [0.1, 0.15) is 0 Å². The smallest absolute Gasteiger partial charge is 0.282 e. The third-order valence-electron chi connectivity index (χ3n) is 3.13. The summed E-state index contributed by atoms with van der Waals surface area (Å²) in [7, 11) is -4.07. The van der Waals surface area contributed by atoms with E-state index in [0.717, 1.165) is 43.2 Å². The van der Waals surface area contributed by atoms with Crippen molar-refractivity contribution >= 4 is 10.1 Å². The lowest BCUT2D eigenvalue weighted by Crippen LogP contribution is -2.08. The minimum absolute atomic E-state index is 0.104. The summed E-state index contributed by atoms with van der Waals surface area (Å²) in [6.45, 7) is 0. The topological polar surface area (TPSA) is 54.4 Å². The molecule has 2 rings (SSSR count). The highest BCUT2D eigenvalue weighted by molar-refractivity contribution is 7.85. The lowest BCUT2D eigenvalue weighted by atomic mass is 9.93. The Labute approximate surface area is 96.2 Å². The molecular weight excluding hydrogens is 224 g/mol. The number of hydrogen-bond donors (Lipinski definition) is 1. The predicted octanol–water partition coefficient (Wildman–Crippen LogP) is 2.59. The SMILES string of the molecule is O=S(=O)(O)c1cccc2c1CCCCCC2. The fourth-order valence-corrected chi connectivity index (χ4v) is 3.14. The van der Waals surface area contributed by atoms with Gasteiger partial charge >= 0.3 is 0 Å². The van der Waals surface area contributed by atoms with Gasteiger partial charge in [0.15, 0.2) is 0 Å². The molecule has 1 aliphatic rings. The molecule has 3 nitrogen and oxygen atoms in total. The summed E-state index contributed by atoms with van der Waals surface area (Å²) in [5, 5.41) is 0. The van der Waals surface area contributed by atoms with Crippen molar-refractivity contribution in [2.24, 2.45) is 0 Å². The number of rotatable bonds is 1. The summed E-state index contributed by atoms with van der Waals surface area (Å²) in [5.74, 6) is 0. The average Bonchev–Trinajstić information content (AvgIpc) is 2.16. The van der Waals surface area contributed by atoms with Crippen molar-refractivity contribution in [3.05, 3.63) is 29.3 Å². The molecule has 0 heterocycles. The molecule has 0 unspecified atom stereocenters. The zero-order valence-electron chi connectivity index (χ0n) is 9.15. The van der Waals surface area contributed by atoms with Crippen LogP contribution in [0.15, 0.2) is 23.1 Å². The van der Waals surface area contributed by atoms with Gasteiger partial charge in [-0.2, -0.15) is 8.42 Å². The molecule has 0 bridgehead atoms. The molecule has 4 heteroatoms. The summed E-state index contributed by atoms with van der Waals surface area (Å²) in [6.07, 6.45) is 6.11. The van der Waals surface area contributed by atoms with E-state index in [1.165, 1.54) is 12.5 Å². The molecule has 16 heavy (non-hydrogen) atoms. The van der Waals surface area contributed by atoms with Crippen LogP contribution in [0, 0.1) is 0 Å². The van der Waals surface area contributed by atoms with Gasteiger partial charge in [-0.05, 0) is 42.9 Å². The molecule has 0 radical (unpaired) electrons. The van der Waals surface area contributed by atoms with Crippen LogP contribution in [0.4, 0.5) is 0 Å². The van der Waals surface area contributed by atoms with Crippen LogP contribution in [-0.2, 0) is 23.0 Å². The molecule has 0 atom stereocenters. The first-order valence-corrected chi connectivity index (χ1v) is 7.11. The van der Waals surface area contributed by atoms with Crippen molar-refractivity contribution in [2.75, 3.05) is 0 Å². The van der Waals surface area contributed by atoms with E-state index >= 15 is 0 Å². The van der Waals surface area contributed by atoms with Gasteiger partial charge in [0.25, 0.3) is 10.1 Å². The van der Waals surface area contributed by atoms with Crippen molar-refractivity contribution in [2.45, 2.75) is 43.4 Å². The van der Waals surface area contributed by atoms with Crippen LogP contribution in [0.1, 0.15) is 36.8 Å². The van der Waals surface area contributed by atoms with Gasteiger partial charge in [0.2, 0.25) is 0 Å². The Morgan fingerprint density at radius 1 is 1.00 bits per heavy atom. The zero-order valence-corrected chi connectivity index (χ0v) is 9.96. The molecule has 0 amide bonds. The van der Waals surface area contributed by atoms with Crippen LogP contribution in [0.25, 0.3) is 0 Å². The molecule has 0 saturated carbocycles. The van der Waals surface area contributed by atoms with E-state index < -0.39 is 10.1 Å². The first-order chi connectivity index (χ1) is 7.59. The van der Waals surface area contributed by atoms with Gasteiger partial charge in [0.05, 0.1) is 4.90 Å². The van der Waals surface area contributed by atoms with E-state index in [1.807, 2.05) is 6.07 Å². The second kappa shape index (κ2) is 4.55. The third-order valence-corrected chi connectivity index (χ3v) is 4.07. The molecular formula is C12H16O3S. The Bertz CT molecular complexity index is 477. The Morgan fingerprint density at radius 3 is 2.38 bits per heavy atom. The van der Waals surface area contributed by atoms with Gasteiger partial charge < -0.3 is 0 Å². The maximum atomic E-state index is 11.3. The van der Waals surface area contributed by atoms with Crippen LogP contribution >= 0.6 is 0 Å². The lowest BCUT2D eigenvalue weighted by Gasteiger charge is -2.15. The van der Waals surface area contributed by atoms with E-state index in [4.69, 9.17) is 0 Å². The van der Waals surface area contributed by atoms with E-state index in [9.17, 15) is 13.0 Å². The standard InChI is InChI=1S/C12H16O3S/c13-16(14,15)12-9-5-7-10-6-3-1-2-4-8-11(10)12/h5,7,9H,1-4,6,8H2,(H,13,14,15). The van der Waals surface area contributed by atoms with Crippen molar-refractivity contribution in [3.63, 3.8) is 0 Å². The Hall–Kier alpha value is -0.870. The lowest BCUT2D eigenvalue weighted by molar-refractivity contribution is 0.481. The van der Waals surface area contributed by atoms with Crippen LogP contribution in [0.3, 0.4) is 0 Å². The van der Waals surface area contributed by atoms with Crippen molar-refractivity contribution < 1.29 is 13.0 Å². The van der Waals surface area contributed by atoms with E-state index in [2.05, 4.69) is 0 Å². The Balaban J connectivity index is 2.51. The van der Waals surface area contributed by atoms with Crippen molar-refractivity contribution in [3.8, 4) is 0 Å². The first kappa shape index (κ1) is 11.6. The summed E-state index contributed by atoms with van der Waals surface area (Å²) >= 11 is 0. The maximum absolute atomic E-state index is 11.3. The van der Waals surface area contributed by atoms with Crippen LogP contribution in [-0.4, -0.2) is 13.0 Å². The highest BCUT2D eigenvalue weighted by Crippen LogP contribution is 2.25. The van der Waals surface area contributed by atoms with E-state index in [1.54, 1.807) is 6.07 Å². The molecule has 1 aromatic rings. The second-order valence-corrected chi connectivity index (χ2v) is 5.67. The fourth-order valence-electron chi connectivity index (χ4n) is 2.34. The van der Waals surface area contributed by atoms with Gasteiger partial charge in [-0.1, -0.05) is 25.0 Å². The Kier molecular flexibility index (Phi) is 3.30. The molecule has 0 fully saturated rings. The predicted molar refractivity (Wildman–Crippen MR) is 62.1 cm³/mol. The van der Waals surface area contributed by atoms with Crippen LogP contribution < -0.4 is 0 Å². The molecule has 0 saturated heterocycles. The zero-order chi connectivity index (χ0) is 11.6. The minimum Gasteiger partial charge on any atom is -0.282 e. The van der Waals surface area contributed by atoms with Gasteiger partial charge in [-0.25, -0.2) is 0 Å². The fraction of sp³-hybridized carbons (Fsp3) is 0.500. The molecule has 0 aromatic heterocycles. The number of fused-ring (bicyclic) bond motifs is 1. The average molecular weight is 240 g/mol. The molecule has 1 aromatic carbocycles. The molecule has 0 spiro atoms. The number of hydrogen-bond acceptors (Lipinski definition) is 2. The molecule has 1 aliphatic carbocycles. The van der Waals surface area contributed by atoms with Crippen LogP contribution in [0.2, 0.25) is 0 Å². The van der Waals surface area contributed by atoms with Gasteiger partial charge in [-0.3, -0.25) is 4.55 Å². The molecule has 88 valence electrons. The molecule has 1 N–H and O–H groups in total. The number of benzene rings is 1. The largest absolute Gasteiger partial charge is 0.294 e. The van der Waals surface area contributed by atoms with Crippen molar-refractivity contribution in [1.82, 2.24) is 0 Å². The molecule has 0 aliphatic heterocycles. The normalized spacial score (nSPS) is 17.3. The monoisotopic (exact) mass is 240 g/mol. The summed E-state index contributed by atoms with van der Waals surface area (Å²) in [4.78, 5) is 0.104. The summed E-state index contributed by atoms with van der Waals surface area (Å²) in [5.41, 5.74) is 1.90. The van der Waals surface area contributed by atoms with Crippen molar-refractivity contribution in [1.29, 1.82) is 0 Å². The highest BCUT2D eigenvalue weighted by Gasteiger charge is 2.18. The third kappa shape index (κ3) is 2.44. The Morgan fingerprint density at radius 2 is 1.69 bits per heavy atom. The van der Waals surface area contributed by atoms with Gasteiger partial charge in [-0.15, -0.1) is 0 Å². The number of aryl methyl sites for hydroxylation is 1. The minimum atomic E-state index is -4.07. The summed E-state index contributed by atoms with van der Waals surface area (Å²) in [6, 6.07) is 5.18. The van der Waals surface area contributed by atoms with Crippen LogP contribution in [0.5, 0.6) is 0 Å². The second-order valence-electron chi connectivity index (χ2n) is 4.28.